The van der Waals surface area contributed by atoms with Crippen molar-refractivity contribution in [2.45, 2.75) is 25.4 Å². The summed E-state index contributed by atoms with van der Waals surface area (Å²) in [6.07, 6.45) is 1.77. The lowest BCUT2D eigenvalue weighted by Crippen LogP contribution is -2.44. The largest absolute Gasteiger partial charge is 0.348 e. The Hall–Kier alpha value is -1.66. The van der Waals surface area contributed by atoms with Gasteiger partial charge in [0.05, 0.1) is 5.02 Å². The SMILES string of the molecule is O=C(NC1CCN(Cc2ccc(Cl)cc2)CC1)c1sc2cc(F)ccc2c1Cl. The van der Waals surface area contributed by atoms with E-state index in [9.17, 15) is 9.18 Å². The average Bonchev–Trinajstić information content (AvgIpc) is 3.01. The first-order valence-corrected chi connectivity index (χ1v) is 10.7. The molecule has 1 aromatic heterocycles. The molecule has 0 saturated carbocycles. The first-order valence-electron chi connectivity index (χ1n) is 9.15. The zero-order valence-electron chi connectivity index (χ0n) is 15.1. The van der Waals surface area contributed by atoms with Gasteiger partial charge in [0.2, 0.25) is 0 Å². The van der Waals surface area contributed by atoms with Crippen LogP contribution in [0.4, 0.5) is 4.39 Å². The lowest BCUT2D eigenvalue weighted by molar-refractivity contribution is 0.0913. The highest BCUT2D eigenvalue weighted by Crippen LogP contribution is 2.35. The Labute approximate surface area is 177 Å². The Balaban J connectivity index is 1.35. The Morgan fingerprint density at radius 2 is 1.86 bits per heavy atom. The molecular formula is C21H19Cl2FN2OS. The summed E-state index contributed by atoms with van der Waals surface area (Å²) in [4.78, 5) is 15.5. The first kappa shape index (κ1) is 19.6. The molecule has 0 bridgehead atoms. The summed E-state index contributed by atoms with van der Waals surface area (Å²) < 4.78 is 14.1. The minimum Gasteiger partial charge on any atom is -0.348 e. The molecule has 1 aliphatic heterocycles. The van der Waals surface area contributed by atoms with Crippen molar-refractivity contribution in [1.82, 2.24) is 10.2 Å². The average molecular weight is 437 g/mol. The van der Waals surface area contributed by atoms with Crippen molar-refractivity contribution in [1.29, 1.82) is 0 Å². The molecule has 2 aromatic carbocycles. The molecule has 0 aliphatic carbocycles. The van der Waals surface area contributed by atoms with Crippen molar-refractivity contribution in [2.24, 2.45) is 0 Å². The second kappa shape index (κ2) is 8.37. The van der Waals surface area contributed by atoms with E-state index in [-0.39, 0.29) is 17.8 Å². The zero-order chi connectivity index (χ0) is 19.7. The van der Waals surface area contributed by atoms with Gasteiger partial charge in [0.25, 0.3) is 5.91 Å². The maximum absolute atomic E-state index is 13.4. The number of benzene rings is 2. The summed E-state index contributed by atoms with van der Waals surface area (Å²) in [6, 6.07) is 12.4. The number of halogens is 3. The monoisotopic (exact) mass is 436 g/mol. The van der Waals surface area contributed by atoms with Crippen LogP contribution in [0.3, 0.4) is 0 Å². The van der Waals surface area contributed by atoms with E-state index >= 15 is 0 Å². The van der Waals surface area contributed by atoms with Crippen LogP contribution in [0.5, 0.6) is 0 Å². The van der Waals surface area contributed by atoms with E-state index in [1.54, 1.807) is 6.07 Å². The van der Waals surface area contributed by atoms with Crippen molar-refractivity contribution in [2.75, 3.05) is 13.1 Å². The number of carbonyl (C=O) groups excluding carboxylic acids is 1. The summed E-state index contributed by atoms with van der Waals surface area (Å²) in [7, 11) is 0. The van der Waals surface area contributed by atoms with Crippen molar-refractivity contribution in [3.8, 4) is 0 Å². The Kier molecular flexibility index (Phi) is 5.88. The van der Waals surface area contributed by atoms with Crippen LogP contribution in [0, 0.1) is 5.82 Å². The van der Waals surface area contributed by atoms with Gasteiger partial charge < -0.3 is 5.32 Å². The number of fused-ring (bicyclic) bond motifs is 1. The first-order chi connectivity index (χ1) is 13.5. The number of likely N-dealkylation sites (tertiary alicyclic amines) is 1. The number of thiophene rings is 1. The number of rotatable bonds is 4. The lowest BCUT2D eigenvalue weighted by Gasteiger charge is -2.32. The lowest BCUT2D eigenvalue weighted by atomic mass is 10.0. The molecule has 0 atom stereocenters. The van der Waals surface area contributed by atoms with E-state index in [0.717, 1.165) is 42.9 Å². The molecular weight excluding hydrogens is 418 g/mol. The molecule has 146 valence electrons. The standard InChI is InChI=1S/C21H19Cl2FN2OS/c22-14-3-1-13(2-4-14)12-26-9-7-16(8-10-26)25-21(27)20-19(23)17-6-5-15(24)11-18(17)28-20/h1-6,11,16H,7-10,12H2,(H,25,27). The normalized spacial score (nSPS) is 15.8. The van der Waals surface area contributed by atoms with Crippen molar-refractivity contribution < 1.29 is 9.18 Å². The number of amides is 1. The molecule has 3 nitrogen and oxygen atoms in total. The number of hydrogen-bond acceptors (Lipinski definition) is 3. The Bertz CT molecular complexity index is 998. The molecule has 1 saturated heterocycles. The highest BCUT2D eigenvalue weighted by atomic mass is 35.5. The highest BCUT2D eigenvalue weighted by Gasteiger charge is 2.24. The fourth-order valence-electron chi connectivity index (χ4n) is 3.52. The van der Waals surface area contributed by atoms with Crippen molar-refractivity contribution in [3.63, 3.8) is 0 Å². The minimum absolute atomic E-state index is 0.118. The maximum atomic E-state index is 13.4. The van der Waals surface area contributed by atoms with E-state index in [4.69, 9.17) is 23.2 Å². The number of hydrogen-bond donors (Lipinski definition) is 1. The van der Waals surface area contributed by atoms with E-state index in [1.807, 2.05) is 24.3 Å². The summed E-state index contributed by atoms with van der Waals surface area (Å²) in [5.74, 6) is -0.506. The van der Waals surface area contributed by atoms with Gasteiger partial charge in [-0.25, -0.2) is 4.39 Å². The van der Waals surface area contributed by atoms with E-state index in [1.165, 1.54) is 29.0 Å². The molecule has 0 radical (unpaired) electrons. The van der Waals surface area contributed by atoms with E-state index in [2.05, 4.69) is 10.2 Å². The summed E-state index contributed by atoms with van der Waals surface area (Å²) >= 11 is 13.5. The van der Waals surface area contributed by atoms with Crippen LogP contribution >= 0.6 is 34.5 Å². The Morgan fingerprint density at radius 1 is 1.14 bits per heavy atom. The van der Waals surface area contributed by atoms with Crippen LogP contribution in [0.2, 0.25) is 10.0 Å². The smallest absolute Gasteiger partial charge is 0.263 e. The van der Waals surface area contributed by atoms with Gasteiger partial charge in [0.1, 0.15) is 10.7 Å². The van der Waals surface area contributed by atoms with Crippen LogP contribution in [-0.2, 0) is 6.54 Å². The van der Waals surface area contributed by atoms with Gasteiger partial charge in [-0.3, -0.25) is 9.69 Å². The van der Waals surface area contributed by atoms with Gasteiger partial charge in [-0.1, -0.05) is 35.3 Å². The molecule has 7 heteroatoms. The number of nitrogens with one attached hydrogen (secondary N) is 1. The molecule has 1 fully saturated rings. The van der Waals surface area contributed by atoms with Crippen LogP contribution in [0.1, 0.15) is 28.1 Å². The summed E-state index contributed by atoms with van der Waals surface area (Å²) in [5.41, 5.74) is 1.23. The molecule has 28 heavy (non-hydrogen) atoms. The molecule has 1 amide bonds. The fourth-order valence-corrected chi connectivity index (χ4v) is 5.09. The Morgan fingerprint density at radius 3 is 2.57 bits per heavy atom. The van der Waals surface area contributed by atoms with E-state index in [0.29, 0.717) is 14.6 Å². The molecule has 3 aromatic rings. The maximum Gasteiger partial charge on any atom is 0.263 e. The molecule has 0 unspecified atom stereocenters. The highest BCUT2D eigenvalue weighted by molar-refractivity contribution is 7.21. The van der Waals surface area contributed by atoms with Crippen LogP contribution < -0.4 is 5.32 Å². The van der Waals surface area contributed by atoms with Crippen LogP contribution in [0.15, 0.2) is 42.5 Å². The van der Waals surface area contributed by atoms with Gasteiger partial charge in [0.15, 0.2) is 0 Å². The van der Waals surface area contributed by atoms with Gasteiger partial charge in [0, 0.05) is 40.8 Å². The second-order valence-electron chi connectivity index (χ2n) is 7.04. The second-order valence-corrected chi connectivity index (χ2v) is 8.90. The molecule has 1 N–H and O–H groups in total. The van der Waals surface area contributed by atoms with Gasteiger partial charge in [-0.05, 0) is 48.7 Å². The minimum atomic E-state index is -0.328. The quantitative estimate of drug-likeness (QED) is 0.565. The zero-order valence-corrected chi connectivity index (χ0v) is 17.4. The molecule has 1 aliphatic rings. The molecule has 0 spiro atoms. The fraction of sp³-hybridized carbons (Fsp3) is 0.286. The predicted octanol–water partition coefficient (Wildman–Crippen LogP) is 5.74. The third-order valence-corrected chi connectivity index (χ3v) is 6.95. The summed E-state index contributed by atoms with van der Waals surface area (Å²) in [6.45, 7) is 2.71. The van der Waals surface area contributed by atoms with Gasteiger partial charge >= 0.3 is 0 Å². The number of piperidine rings is 1. The van der Waals surface area contributed by atoms with Crippen molar-refractivity contribution >= 4 is 50.5 Å². The van der Waals surface area contributed by atoms with Crippen LogP contribution in [0.25, 0.3) is 10.1 Å². The topological polar surface area (TPSA) is 32.3 Å². The van der Waals surface area contributed by atoms with Crippen molar-refractivity contribution in [3.05, 3.63) is 68.8 Å². The number of nitrogens with zero attached hydrogens (tertiary/aromatic N) is 1. The summed E-state index contributed by atoms with van der Waals surface area (Å²) in [5, 5.41) is 4.96. The van der Waals surface area contributed by atoms with Crippen LogP contribution in [-0.4, -0.2) is 29.9 Å². The third kappa shape index (κ3) is 4.33. The third-order valence-electron chi connectivity index (χ3n) is 5.04. The number of carbonyl (C=O) groups is 1. The predicted molar refractivity (Wildman–Crippen MR) is 114 cm³/mol. The van der Waals surface area contributed by atoms with Gasteiger partial charge in [-0.2, -0.15) is 0 Å². The van der Waals surface area contributed by atoms with E-state index < -0.39 is 0 Å². The molecule has 4 rings (SSSR count). The molecule has 2 heterocycles. The van der Waals surface area contributed by atoms with Gasteiger partial charge in [-0.15, -0.1) is 11.3 Å².